The van der Waals surface area contributed by atoms with Crippen molar-refractivity contribution in [3.05, 3.63) is 35.4 Å². The van der Waals surface area contributed by atoms with Crippen molar-refractivity contribution >= 4 is 11.7 Å². The number of hydrogen-bond acceptors (Lipinski definition) is 3. The Morgan fingerprint density at radius 2 is 2.10 bits per heavy atom. The maximum absolute atomic E-state index is 12.1. The molecule has 2 atom stereocenters. The number of rotatable bonds is 2. The first kappa shape index (κ1) is 14.3. The van der Waals surface area contributed by atoms with E-state index in [0.29, 0.717) is 11.5 Å². The maximum atomic E-state index is 12.1. The summed E-state index contributed by atoms with van der Waals surface area (Å²) in [6.07, 6.45) is 3.37. The second kappa shape index (κ2) is 4.69. The van der Waals surface area contributed by atoms with Crippen LogP contribution in [-0.2, 0) is 4.84 Å². The molecule has 0 aliphatic heterocycles. The van der Waals surface area contributed by atoms with Gasteiger partial charge in [-0.15, -0.1) is 0 Å². The van der Waals surface area contributed by atoms with Crippen LogP contribution in [0.15, 0.2) is 29.4 Å². The predicted molar refractivity (Wildman–Crippen MR) is 83.3 cm³/mol. The van der Waals surface area contributed by atoms with Crippen LogP contribution in [0.25, 0.3) is 0 Å². The molecule has 0 spiro atoms. The first-order chi connectivity index (χ1) is 9.84. The smallest absolute Gasteiger partial charge is 0.313 e. The Hall–Kier alpha value is -1.64. The molecule has 0 amide bonds. The van der Waals surface area contributed by atoms with E-state index in [0.717, 1.165) is 24.1 Å². The van der Waals surface area contributed by atoms with Gasteiger partial charge >= 0.3 is 5.97 Å². The monoisotopic (exact) mass is 285 g/mol. The van der Waals surface area contributed by atoms with Crippen molar-refractivity contribution in [1.29, 1.82) is 0 Å². The van der Waals surface area contributed by atoms with Crippen LogP contribution in [-0.4, -0.2) is 11.7 Å². The van der Waals surface area contributed by atoms with E-state index in [1.54, 1.807) is 6.07 Å². The SMILES string of the molecule is Cc1cccc(C(=O)ON=C2C[C@H]3CC[C@@]2(C)C3(C)C)c1. The second-order valence-corrected chi connectivity index (χ2v) is 7.28. The molecule has 0 heterocycles. The fourth-order valence-corrected chi connectivity index (χ4v) is 3.99. The summed E-state index contributed by atoms with van der Waals surface area (Å²) < 4.78 is 0. The topological polar surface area (TPSA) is 38.7 Å². The lowest BCUT2D eigenvalue weighted by Crippen LogP contribution is -2.32. The number of carbonyl (C=O) groups excluding carboxylic acids is 1. The zero-order valence-corrected chi connectivity index (χ0v) is 13.3. The zero-order chi connectivity index (χ0) is 15.3. The average molecular weight is 285 g/mol. The number of oxime groups is 1. The largest absolute Gasteiger partial charge is 0.365 e. The van der Waals surface area contributed by atoms with E-state index in [4.69, 9.17) is 4.84 Å². The van der Waals surface area contributed by atoms with Crippen LogP contribution in [0.4, 0.5) is 0 Å². The predicted octanol–water partition coefficient (Wildman–Crippen LogP) is 4.35. The van der Waals surface area contributed by atoms with Gasteiger partial charge in [0.2, 0.25) is 0 Å². The van der Waals surface area contributed by atoms with Gasteiger partial charge in [0, 0.05) is 5.41 Å². The van der Waals surface area contributed by atoms with Gasteiger partial charge in [-0.25, -0.2) is 4.79 Å². The highest BCUT2D eigenvalue weighted by Crippen LogP contribution is 2.63. The van der Waals surface area contributed by atoms with Crippen LogP contribution in [0.3, 0.4) is 0 Å². The normalized spacial score (nSPS) is 31.6. The molecule has 1 aromatic rings. The molecule has 0 aromatic heterocycles. The number of aryl methyl sites for hydroxylation is 1. The van der Waals surface area contributed by atoms with E-state index in [1.807, 2.05) is 25.1 Å². The van der Waals surface area contributed by atoms with E-state index >= 15 is 0 Å². The molecule has 112 valence electrons. The van der Waals surface area contributed by atoms with Crippen molar-refractivity contribution in [2.75, 3.05) is 0 Å². The lowest BCUT2D eigenvalue weighted by Gasteiger charge is -2.34. The third-order valence-electron chi connectivity index (χ3n) is 6.00. The summed E-state index contributed by atoms with van der Waals surface area (Å²) in [5, 5.41) is 4.25. The molecular weight excluding hydrogens is 262 g/mol. The van der Waals surface area contributed by atoms with Gasteiger partial charge in [-0.1, -0.05) is 43.6 Å². The van der Waals surface area contributed by atoms with Crippen molar-refractivity contribution in [2.45, 2.75) is 47.0 Å². The second-order valence-electron chi connectivity index (χ2n) is 7.28. The molecule has 1 aromatic carbocycles. The number of benzene rings is 1. The number of fused-ring (bicyclic) bond motifs is 2. The summed E-state index contributed by atoms with van der Waals surface area (Å²) in [7, 11) is 0. The van der Waals surface area contributed by atoms with Gasteiger partial charge in [-0.05, 0) is 49.7 Å². The molecule has 21 heavy (non-hydrogen) atoms. The van der Waals surface area contributed by atoms with E-state index < -0.39 is 0 Å². The Morgan fingerprint density at radius 1 is 1.33 bits per heavy atom. The van der Waals surface area contributed by atoms with Crippen LogP contribution in [0.1, 0.15) is 56.0 Å². The zero-order valence-electron chi connectivity index (χ0n) is 13.3. The van der Waals surface area contributed by atoms with Crippen molar-refractivity contribution in [3.8, 4) is 0 Å². The van der Waals surface area contributed by atoms with Crippen molar-refractivity contribution in [1.82, 2.24) is 0 Å². The van der Waals surface area contributed by atoms with Crippen molar-refractivity contribution in [2.24, 2.45) is 21.9 Å². The number of nitrogens with zero attached hydrogens (tertiary/aromatic N) is 1. The highest BCUT2D eigenvalue weighted by atomic mass is 16.7. The minimum absolute atomic E-state index is 0.0740. The lowest BCUT2D eigenvalue weighted by molar-refractivity contribution is 0.0508. The molecule has 0 N–H and O–H groups in total. The summed E-state index contributed by atoms with van der Waals surface area (Å²) in [6.45, 7) is 8.85. The molecule has 2 fully saturated rings. The highest BCUT2D eigenvalue weighted by molar-refractivity contribution is 5.95. The molecule has 0 radical (unpaired) electrons. The van der Waals surface area contributed by atoms with Crippen molar-refractivity contribution in [3.63, 3.8) is 0 Å². The summed E-state index contributed by atoms with van der Waals surface area (Å²) in [5.41, 5.74) is 2.99. The molecule has 0 saturated heterocycles. The van der Waals surface area contributed by atoms with E-state index in [-0.39, 0.29) is 16.8 Å². The molecule has 2 bridgehead atoms. The Morgan fingerprint density at radius 3 is 2.67 bits per heavy atom. The summed E-state index contributed by atoms with van der Waals surface area (Å²) in [6, 6.07) is 7.42. The summed E-state index contributed by atoms with van der Waals surface area (Å²) in [4.78, 5) is 17.3. The Kier molecular flexibility index (Phi) is 3.19. The summed E-state index contributed by atoms with van der Waals surface area (Å²) in [5.74, 6) is 0.300. The number of hydrogen-bond donors (Lipinski definition) is 0. The van der Waals surface area contributed by atoms with Crippen LogP contribution in [0.5, 0.6) is 0 Å². The van der Waals surface area contributed by atoms with Gasteiger partial charge in [-0.3, -0.25) is 0 Å². The molecule has 2 saturated carbocycles. The van der Waals surface area contributed by atoms with E-state index in [9.17, 15) is 4.79 Å². The van der Waals surface area contributed by atoms with E-state index in [1.165, 1.54) is 6.42 Å². The quantitative estimate of drug-likeness (QED) is 0.598. The lowest BCUT2D eigenvalue weighted by atomic mass is 9.70. The maximum Gasteiger partial charge on any atom is 0.365 e. The molecular formula is C18H23NO2. The van der Waals surface area contributed by atoms with Crippen LogP contribution >= 0.6 is 0 Å². The first-order valence-electron chi connectivity index (χ1n) is 7.70. The van der Waals surface area contributed by atoms with Gasteiger partial charge in [0.25, 0.3) is 0 Å². The fraction of sp³-hybridized carbons (Fsp3) is 0.556. The van der Waals surface area contributed by atoms with Crippen LogP contribution in [0, 0.1) is 23.7 Å². The average Bonchev–Trinajstić information content (AvgIpc) is 2.77. The number of carbonyl (C=O) groups is 1. The molecule has 3 rings (SSSR count). The fourth-order valence-electron chi connectivity index (χ4n) is 3.99. The van der Waals surface area contributed by atoms with Crippen molar-refractivity contribution < 1.29 is 9.63 Å². The highest BCUT2D eigenvalue weighted by Gasteiger charge is 2.60. The minimum Gasteiger partial charge on any atom is -0.313 e. The molecule has 3 nitrogen and oxygen atoms in total. The Labute approximate surface area is 126 Å². The Bertz CT molecular complexity index is 617. The standard InChI is InChI=1S/C18H23NO2/c1-12-6-5-7-13(10-12)16(20)21-19-15-11-14-8-9-18(15,4)17(14,2)3/h5-7,10,14H,8-9,11H2,1-4H3/t14-,18-/m1/s1. The van der Waals surface area contributed by atoms with Gasteiger partial charge < -0.3 is 4.84 Å². The Balaban J connectivity index is 1.77. The van der Waals surface area contributed by atoms with Gasteiger partial charge in [-0.2, -0.15) is 0 Å². The third-order valence-corrected chi connectivity index (χ3v) is 6.00. The third kappa shape index (κ3) is 2.10. The molecule has 3 heteroatoms. The molecule has 2 aliphatic carbocycles. The first-order valence-corrected chi connectivity index (χ1v) is 7.70. The van der Waals surface area contributed by atoms with Crippen LogP contribution in [0.2, 0.25) is 0 Å². The van der Waals surface area contributed by atoms with E-state index in [2.05, 4.69) is 25.9 Å². The minimum atomic E-state index is -0.365. The molecule has 2 aliphatic rings. The van der Waals surface area contributed by atoms with Gasteiger partial charge in [0.15, 0.2) is 0 Å². The van der Waals surface area contributed by atoms with Gasteiger partial charge in [0.05, 0.1) is 11.3 Å². The van der Waals surface area contributed by atoms with Gasteiger partial charge in [0.1, 0.15) is 0 Å². The molecule has 0 unspecified atom stereocenters. The van der Waals surface area contributed by atoms with Crippen LogP contribution < -0.4 is 0 Å². The summed E-state index contributed by atoms with van der Waals surface area (Å²) >= 11 is 0.